The molecule has 0 unspecified atom stereocenters. The lowest BCUT2D eigenvalue weighted by atomic mass is 10.1. The second kappa shape index (κ2) is 3.79. The fourth-order valence-electron chi connectivity index (χ4n) is 1.18. The van der Waals surface area contributed by atoms with Gasteiger partial charge in [0, 0.05) is 13.3 Å². The van der Waals surface area contributed by atoms with E-state index in [9.17, 15) is 4.79 Å². The van der Waals surface area contributed by atoms with E-state index in [1.807, 2.05) is 13.8 Å². The van der Waals surface area contributed by atoms with Gasteiger partial charge in [-0.3, -0.25) is 4.68 Å². The van der Waals surface area contributed by atoms with Crippen molar-refractivity contribution in [1.82, 2.24) is 9.78 Å². The van der Waals surface area contributed by atoms with Crippen LogP contribution in [-0.2, 0) is 10.3 Å². The third-order valence-corrected chi connectivity index (χ3v) is 1.95. The quantitative estimate of drug-likeness (QED) is 0.782. The van der Waals surface area contributed by atoms with Crippen LogP contribution in [0.2, 0.25) is 0 Å². The molecule has 1 rings (SSSR count). The van der Waals surface area contributed by atoms with Gasteiger partial charge in [-0.05, 0) is 13.8 Å². The second-order valence-corrected chi connectivity index (χ2v) is 3.72. The van der Waals surface area contributed by atoms with E-state index in [-0.39, 0.29) is 11.1 Å². The molecule has 0 aromatic carbocycles. The molecule has 0 saturated carbocycles. The summed E-state index contributed by atoms with van der Waals surface area (Å²) < 4.78 is 6.62. The summed E-state index contributed by atoms with van der Waals surface area (Å²) in [5, 5.41) is 12.7. The van der Waals surface area contributed by atoms with E-state index in [0.29, 0.717) is 6.61 Å². The van der Waals surface area contributed by atoms with Crippen molar-refractivity contribution in [2.75, 3.05) is 13.7 Å². The van der Waals surface area contributed by atoms with Crippen LogP contribution in [0.15, 0.2) is 12.4 Å². The SMILES string of the molecule is COCC(C)(C)n1cc(C(=O)O)cn1. The monoisotopic (exact) mass is 198 g/mol. The molecule has 0 spiro atoms. The molecule has 0 atom stereocenters. The van der Waals surface area contributed by atoms with Crippen molar-refractivity contribution in [2.24, 2.45) is 0 Å². The number of hydrogen-bond donors (Lipinski definition) is 1. The molecule has 5 nitrogen and oxygen atoms in total. The van der Waals surface area contributed by atoms with Crippen molar-refractivity contribution in [3.8, 4) is 0 Å². The molecule has 0 aliphatic rings. The maximum absolute atomic E-state index is 10.6. The lowest BCUT2D eigenvalue weighted by Crippen LogP contribution is -2.31. The molecule has 1 heterocycles. The Morgan fingerprint density at radius 3 is 2.79 bits per heavy atom. The van der Waals surface area contributed by atoms with E-state index in [2.05, 4.69) is 5.10 Å². The Kier molecular flexibility index (Phi) is 2.90. The van der Waals surface area contributed by atoms with Gasteiger partial charge in [0.25, 0.3) is 0 Å². The van der Waals surface area contributed by atoms with Crippen molar-refractivity contribution in [3.63, 3.8) is 0 Å². The molecule has 0 aliphatic heterocycles. The smallest absolute Gasteiger partial charge is 0.338 e. The topological polar surface area (TPSA) is 64.3 Å². The van der Waals surface area contributed by atoms with Gasteiger partial charge >= 0.3 is 5.97 Å². The summed E-state index contributed by atoms with van der Waals surface area (Å²) in [4.78, 5) is 10.6. The fourth-order valence-corrected chi connectivity index (χ4v) is 1.18. The number of methoxy groups -OCH3 is 1. The van der Waals surface area contributed by atoms with Crippen LogP contribution in [0.1, 0.15) is 24.2 Å². The first kappa shape index (κ1) is 10.7. The molecular weight excluding hydrogens is 184 g/mol. The average molecular weight is 198 g/mol. The predicted octanol–water partition coefficient (Wildman–Crippen LogP) is 0.963. The predicted molar refractivity (Wildman–Crippen MR) is 50.4 cm³/mol. The number of carboxylic acids is 1. The zero-order valence-electron chi connectivity index (χ0n) is 8.52. The number of aromatic carboxylic acids is 1. The summed E-state index contributed by atoms with van der Waals surface area (Å²) in [7, 11) is 1.60. The minimum absolute atomic E-state index is 0.189. The average Bonchev–Trinajstić information content (AvgIpc) is 2.51. The Morgan fingerprint density at radius 2 is 2.36 bits per heavy atom. The number of rotatable bonds is 4. The van der Waals surface area contributed by atoms with Gasteiger partial charge in [0.1, 0.15) is 0 Å². The fraction of sp³-hybridized carbons (Fsp3) is 0.556. The third-order valence-electron chi connectivity index (χ3n) is 1.95. The first-order valence-corrected chi connectivity index (χ1v) is 4.25. The van der Waals surface area contributed by atoms with Crippen LogP contribution in [-0.4, -0.2) is 34.6 Å². The molecule has 0 radical (unpaired) electrons. The van der Waals surface area contributed by atoms with Gasteiger partial charge in [0.05, 0.1) is 23.9 Å². The highest BCUT2D eigenvalue weighted by molar-refractivity contribution is 5.86. The second-order valence-electron chi connectivity index (χ2n) is 3.72. The maximum atomic E-state index is 10.6. The van der Waals surface area contributed by atoms with Crippen molar-refractivity contribution in [1.29, 1.82) is 0 Å². The van der Waals surface area contributed by atoms with Crippen LogP contribution in [0.3, 0.4) is 0 Å². The van der Waals surface area contributed by atoms with Crippen molar-refractivity contribution < 1.29 is 14.6 Å². The third kappa shape index (κ3) is 2.11. The molecule has 0 saturated heterocycles. The largest absolute Gasteiger partial charge is 0.478 e. The number of ether oxygens (including phenoxy) is 1. The Morgan fingerprint density at radius 1 is 1.71 bits per heavy atom. The highest BCUT2D eigenvalue weighted by Gasteiger charge is 2.22. The lowest BCUT2D eigenvalue weighted by Gasteiger charge is -2.23. The summed E-state index contributed by atoms with van der Waals surface area (Å²) in [5.41, 5.74) is -0.142. The van der Waals surface area contributed by atoms with E-state index in [0.717, 1.165) is 0 Å². The maximum Gasteiger partial charge on any atom is 0.338 e. The molecule has 0 amide bonds. The Balaban J connectivity index is 2.90. The Bertz CT molecular complexity index is 331. The lowest BCUT2D eigenvalue weighted by molar-refractivity contribution is 0.0695. The first-order valence-electron chi connectivity index (χ1n) is 4.25. The number of hydrogen-bond acceptors (Lipinski definition) is 3. The van der Waals surface area contributed by atoms with Gasteiger partial charge in [-0.2, -0.15) is 5.10 Å². The normalized spacial score (nSPS) is 11.6. The number of carbonyl (C=O) groups is 1. The van der Waals surface area contributed by atoms with Crippen LogP contribution in [0.25, 0.3) is 0 Å². The Hall–Kier alpha value is -1.36. The van der Waals surface area contributed by atoms with Crippen LogP contribution in [0.4, 0.5) is 0 Å². The van der Waals surface area contributed by atoms with Gasteiger partial charge < -0.3 is 9.84 Å². The number of carboxylic acid groups (broad SMARTS) is 1. The minimum Gasteiger partial charge on any atom is -0.478 e. The molecule has 1 aromatic heterocycles. The standard InChI is InChI=1S/C9H14N2O3/c1-9(2,6-14-3)11-5-7(4-10-11)8(12)13/h4-5H,6H2,1-3H3,(H,12,13). The summed E-state index contributed by atoms with van der Waals surface area (Å²) in [6.07, 6.45) is 2.83. The van der Waals surface area contributed by atoms with Gasteiger partial charge in [-0.25, -0.2) is 4.79 Å². The van der Waals surface area contributed by atoms with Gasteiger partial charge in [0.2, 0.25) is 0 Å². The van der Waals surface area contributed by atoms with Crippen LogP contribution in [0.5, 0.6) is 0 Å². The van der Waals surface area contributed by atoms with Gasteiger partial charge in [0.15, 0.2) is 0 Å². The van der Waals surface area contributed by atoms with Crippen LogP contribution >= 0.6 is 0 Å². The zero-order chi connectivity index (χ0) is 10.8. The van der Waals surface area contributed by atoms with Crippen LogP contribution in [0, 0.1) is 0 Å². The van der Waals surface area contributed by atoms with E-state index < -0.39 is 5.97 Å². The Labute approximate surface area is 82.3 Å². The van der Waals surface area contributed by atoms with E-state index in [1.165, 1.54) is 12.4 Å². The van der Waals surface area contributed by atoms with Crippen LogP contribution < -0.4 is 0 Å². The highest BCUT2D eigenvalue weighted by Crippen LogP contribution is 2.14. The van der Waals surface area contributed by atoms with E-state index in [1.54, 1.807) is 11.8 Å². The van der Waals surface area contributed by atoms with Crippen molar-refractivity contribution in [2.45, 2.75) is 19.4 Å². The van der Waals surface area contributed by atoms with Crippen molar-refractivity contribution >= 4 is 5.97 Å². The summed E-state index contributed by atoms with van der Waals surface area (Å²) in [6, 6.07) is 0. The molecule has 78 valence electrons. The molecule has 5 heteroatoms. The number of nitrogens with zero attached hydrogens (tertiary/aromatic N) is 2. The molecule has 0 fully saturated rings. The minimum atomic E-state index is -0.968. The highest BCUT2D eigenvalue weighted by atomic mass is 16.5. The van der Waals surface area contributed by atoms with Crippen molar-refractivity contribution in [3.05, 3.63) is 18.0 Å². The molecule has 1 aromatic rings. The van der Waals surface area contributed by atoms with E-state index in [4.69, 9.17) is 9.84 Å². The van der Waals surface area contributed by atoms with Gasteiger partial charge in [-0.1, -0.05) is 0 Å². The summed E-state index contributed by atoms with van der Waals surface area (Å²) >= 11 is 0. The van der Waals surface area contributed by atoms with E-state index >= 15 is 0 Å². The number of aromatic nitrogens is 2. The molecular formula is C9H14N2O3. The molecule has 14 heavy (non-hydrogen) atoms. The molecule has 0 aliphatic carbocycles. The molecule has 0 bridgehead atoms. The zero-order valence-corrected chi connectivity index (χ0v) is 8.52. The first-order chi connectivity index (χ1) is 6.47. The summed E-state index contributed by atoms with van der Waals surface area (Å²) in [6.45, 7) is 4.33. The molecule has 1 N–H and O–H groups in total. The summed E-state index contributed by atoms with van der Waals surface area (Å²) in [5.74, 6) is -0.968. The van der Waals surface area contributed by atoms with Gasteiger partial charge in [-0.15, -0.1) is 0 Å².